The maximum atomic E-state index is 12.6. The van der Waals surface area contributed by atoms with Crippen LogP contribution in [0.15, 0.2) is 54.7 Å². The highest BCUT2D eigenvalue weighted by Crippen LogP contribution is 2.36. The van der Waals surface area contributed by atoms with E-state index in [-0.39, 0.29) is 12.0 Å². The number of carbonyl (C=O) groups excluding carboxylic acids is 1. The molecule has 2 aliphatic heterocycles. The second-order valence-corrected chi connectivity index (χ2v) is 9.51. The highest BCUT2D eigenvalue weighted by molar-refractivity contribution is 6.34. The van der Waals surface area contributed by atoms with Gasteiger partial charge in [-0.15, -0.1) is 0 Å². The summed E-state index contributed by atoms with van der Waals surface area (Å²) < 4.78 is 5.59. The van der Waals surface area contributed by atoms with Crippen LogP contribution in [-0.2, 0) is 9.53 Å². The number of carbonyl (C=O) groups is 1. The number of pyridine rings is 1. The molecule has 0 radical (unpaired) electrons. The molecule has 1 amide bonds. The highest BCUT2D eigenvalue weighted by Gasteiger charge is 2.32. The highest BCUT2D eigenvalue weighted by atomic mass is 35.5. The Kier molecular flexibility index (Phi) is 6.16. The number of fused-ring (bicyclic) bond motifs is 1. The molecule has 3 heterocycles. The summed E-state index contributed by atoms with van der Waals surface area (Å²) in [6.45, 7) is 4.71. The number of piperidine rings is 1. The Hall–Kier alpha value is -2.43. The molecule has 1 aromatic heterocycles. The molecule has 0 aliphatic carbocycles. The minimum Gasteiger partial charge on any atom is -0.368 e. The fourth-order valence-corrected chi connectivity index (χ4v) is 5.43. The van der Waals surface area contributed by atoms with E-state index in [2.05, 4.69) is 42.2 Å². The van der Waals surface area contributed by atoms with Crippen LogP contribution in [-0.4, -0.2) is 41.6 Å². The number of likely N-dealkylation sites (tertiary alicyclic amines) is 1. The zero-order valence-corrected chi connectivity index (χ0v) is 19.2. The van der Waals surface area contributed by atoms with Crippen LogP contribution in [0.1, 0.15) is 44.1 Å². The lowest BCUT2D eigenvalue weighted by molar-refractivity contribution is -0.142. The predicted molar refractivity (Wildman–Crippen MR) is 129 cm³/mol. The molecule has 3 aromatic rings. The first kappa shape index (κ1) is 21.4. The maximum absolute atomic E-state index is 12.6. The minimum atomic E-state index is -0.200. The first-order valence-corrected chi connectivity index (χ1v) is 12.0. The maximum Gasteiger partial charge on any atom is 0.251 e. The van der Waals surface area contributed by atoms with Gasteiger partial charge in [0, 0.05) is 41.9 Å². The van der Waals surface area contributed by atoms with E-state index in [0.29, 0.717) is 11.8 Å². The van der Waals surface area contributed by atoms with Crippen LogP contribution in [0.25, 0.3) is 22.0 Å². The quantitative estimate of drug-likeness (QED) is 0.486. The summed E-state index contributed by atoms with van der Waals surface area (Å²) in [6.07, 6.45) is 5.57. The molecule has 166 valence electrons. The molecular formula is C27H29ClN2O2. The van der Waals surface area contributed by atoms with Crippen LogP contribution < -0.4 is 0 Å². The van der Waals surface area contributed by atoms with Crippen molar-refractivity contribution >= 4 is 28.4 Å². The first-order chi connectivity index (χ1) is 15.6. The van der Waals surface area contributed by atoms with Gasteiger partial charge in [-0.1, -0.05) is 48.9 Å². The van der Waals surface area contributed by atoms with Crippen LogP contribution in [0.3, 0.4) is 0 Å². The zero-order valence-electron chi connectivity index (χ0n) is 18.5. The molecule has 0 N–H and O–H groups in total. The third kappa shape index (κ3) is 4.26. The van der Waals surface area contributed by atoms with E-state index < -0.39 is 0 Å². The van der Waals surface area contributed by atoms with E-state index in [1.54, 1.807) is 0 Å². The van der Waals surface area contributed by atoms with Gasteiger partial charge < -0.3 is 9.64 Å². The van der Waals surface area contributed by atoms with E-state index >= 15 is 0 Å². The van der Waals surface area contributed by atoms with Crippen LogP contribution >= 0.6 is 11.6 Å². The number of nitrogens with zero attached hydrogens (tertiary/aromatic N) is 2. The van der Waals surface area contributed by atoms with Gasteiger partial charge in [0.25, 0.3) is 5.91 Å². The lowest BCUT2D eigenvalue weighted by Gasteiger charge is -2.36. The van der Waals surface area contributed by atoms with Crippen molar-refractivity contribution < 1.29 is 9.53 Å². The van der Waals surface area contributed by atoms with E-state index in [1.807, 2.05) is 29.3 Å². The molecule has 2 aliphatic rings. The molecule has 0 bridgehead atoms. The molecule has 2 atom stereocenters. The lowest BCUT2D eigenvalue weighted by atomic mass is 9.81. The van der Waals surface area contributed by atoms with Gasteiger partial charge in [-0.25, -0.2) is 0 Å². The van der Waals surface area contributed by atoms with Crippen molar-refractivity contribution in [3.05, 3.63) is 65.3 Å². The Balaban J connectivity index is 1.25. The van der Waals surface area contributed by atoms with E-state index in [9.17, 15) is 4.79 Å². The normalized spacial score (nSPS) is 20.6. The monoisotopic (exact) mass is 448 g/mol. The number of hydrogen-bond donors (Lipinski definition) is 0. The molecule has 0 saturated carbocycles. The Bertz CT molecular complexity index is 1100. The van der Waals surface area contributed by atoms with Gasteiger partial charge in [-0.3, -0.25) is 9.78 Å². The summed E-state index contributed by atoms with van der Waals surface area (Å²) in [6, 6.07) is 16.8. The molecule has 5 rings (SSSR count). The van der Waals surface area contributed by atoms with Crippen molar-refractivity contribution in [1.29, 1.82) is 0 Å². The van der Waals surface area contributed by atoms with Crippen molar-refractivity contribution in [2.45, 2.75) is 44.6 Å². The van der Waals surface area contributed by atoms with Crippen LogP contribution in [0, 0.1) is 5.92 Å². The van der Waals surface area contributed by atoms with Gasteiger partial charge >= 0.3 is 0 Å². The van der Waals surface area contributed by atoms with Crippen molar-refractivity contribution in [1.82, 2.24) is 9.88 Å². The topological polar surface area (TPSA) is 42.4 Å². The van der Waals surface area contributed by atoms with Gasteiger partial charge in [0.2, 0.25) is 0 Å². The fraction of sp³-hybridized carbons (Fsp3) is 0.407. The van der Waals surface area contributed by atoms with Crippen LogP contribution in [0.5, 0.6) is 0 Å². The second kappa shape index (κ2) is 9.21. The molecule has 2 saturated heterocycles. The standard InChI is InChI=1S/C27H29ClN2O2/c1-18(20-10-13-30(14-11-20)27(31)26-5-3-15-32-26)19-6-8-21(9-7-19)23-17-25-22(16-24(23)28)4-2-12-29-25/h2,4,6-9,12,16-18,20,26H,3,5,10-11,13-15H2,1H3/t18-,26+/m0/s1. The third-order valence-corrected chi connectivity index (χ3v) is 7.52. The van der Waals surface area contributed by atoms with Crippen molar-refractivity contribution in [3.8, 4) is 11.1 Å². The van der Waals surface area contributed by atoms with E-state index in [0.717, 1.165) is 72.4 Å². The summed E-state index contributed by atoms with van der Waals surface area (Å²) >= 11 is 6.58. The number of halogens is 1. The van der Waals surface area contributed by atoms with Gasteiger partial charge in [-0.2, -0.15) is 0 Å². The number of hydrogen-bond acceptors (Lipinski definition) is 3. The molecule has 5 heteroatoms. The van der Waals surface area contributed by atoms with Crippen LogP contribution in [0.4, 0.5) is 0 Å². The molecule has 32 heavy (non-hydrogen) atoms. The van der Waals surface area contributed by atoms with Crippen molar-refractivity contribution in [2.75, 3.05) is 19.7 Å². The summed E-state index contributed by atoms with van der Waals surface area (Å²) in [5.74, 6) is 1.24. The van der Waals surface area contributed by atoms with Crippen molar-refractivity contribution in [2.24, 2.45) is 5.92 Å². The second-order valence-electron chi connectivity index (χ2n) is 9.10. The third-order valence-electron chi connectivity index (χ3n) is 7.20. The number of benzene rings is 2. The van der Waals surface area contributed by atoms with Gasteiger partial charge in [0.05, 0.1) is 5.52 Å². The average Bonchev–Trinajstić information content (AvgIpc) is 3.38. The Morgan fingerprint density at radius 1 is 1.12 bits per heavy atom. The van der Waals surface area contributed by atoms with E-state index in [1.165, 1.54) is 5.56 Å². The van der Waals surface area contributed by atoms with E-state index in [4.69, 9.17) is 16.3 Å². The van der Waals surface area contributed by atoms with Gasteiger partial charge in [0.1, 0.15) is 6.10 Å². The summed E-state index contributed by atoms with van der Waals surface area (Å²) in [5, 5.41) is 1.80. The summed E-state index contributed by atoms with van der Waals surface area (Å²) in [5.41, 5.74) is 4.41. The summed E-state index contributed by atoms with van der Waals surface area (Å²) in [7, 11) is 0. The predicted octanol–water partition coefficient (Wildman–Crippen LogP) is 6.08. The largest absolute Gasteiger partial charge is 0.368 e. The zero-order chi connectivity index (χ0) is 22.1. The first-order valence-electron chi connectivity index (χ1n) is 11.6. The molecule has 0 spiro atoms. The Labute approximate surface area is 194 Å². The molecular weight excluding hydrogens is 420 g/mol. The summed E-state index contributed by atoms with van der Waals surface area (Å²) in [4.78, 5) is 19.1. The SMILES string of the molecule is C[C@@H](c1ccc(-c2cc3ncccc3cc2Cl)cc1)C1CCN(C(=O)[C@H]2CCCO2)CC1. The molecule has 2 aromatic carbocycles. The van der Waals surface area contributed by atoms with Crippen LogP contribution in [0.2, 0.25) is 5.02 Å². The average molecular weight is 449 g/mol. The molecule has 2 fully saturated rings. The number of aromatic nitrogens is 1. The molecule has 0 unspecified atom stereocenters. The lowest BCUT2D eigenvalue weighted by Crippen LogP contribution is -2.44. The van der Waals surface area contributed by atoms with Gasteiger partial charge in [-0.05, 0) is 66.8 Å². The minimum absolute atomic E-state index is 0.194. The van der Waals surface area contributed by atoms with Gasteiger partial charge in [0.15, 0.2) is 0 Å². The number of ether oxygens (including phenoxy) is 1. The molecule has 4 nitrogen and oxygen atoms in total. The number of amides is 1. The smallest absolute Gasteiger partial charge is 0.251 e. The Morgan fingerprint density at radius 2 is 1.91 bits per heavy atom. The Morgan fingerprint density at radius 3 is 2.62 bits per heavy atom. The number of rotatable bonds is 4. The van der Waals surface area contributed by atoms with Crippen molar-refractivity contribution in [3.63, 3.8) is 0 Å². The fourth-order valence-electron chi connectivity index (χ4n) is 5.15.